The van der Waals surface area contributed by atoms with Crippen LogP contribution in [-0.2, 0) is 16.2 Å². The van der Waals surface area contributed by atoms with E-state index in [4.69, 9.17) is 0 Å². The van der Waals surface area contributed by atoms with Crippen LogP contribution in [0.4, 0.5) is 8.22 Å². The van der Waals surface area contributed by atoms with Crippen LogP contribution in [-0.4, -0.2) is 16.2 Å². The quantitative estimate of drug-likeness (QED) is 0.384. The van der Waals surface area contributed by atoms with Crippen molar-refractivity contribution in [3.8, 4) is 0 Å². The number of hydrogen-bond donors (Lipinski definition) is 0. The molecule has 27 heavy (non-hydrogen) atoms. The van der Waals surface area contributed by atoms with E-state index in [-0.39, 0.29) is 35.1 Å². The molecule has 1 aromatic rings. The van der Waals surface area contributed by atoms with Gasteiger partial charge in [0.1, 0.15) is 0 Å². The van der Waals surface area contributed by atoms with Crippen LogP contribution in [0.25, 0.3) is 0 Å². The van der Waals surface area contributed by atoms with Gasteiger partial charge in [0.2, 0.25) is 0 Å². The Balaban J connectivity index is 0.00000676. The normalized spacial score (nSPS) is 14.6. The maximum Gasteiger partial charge on any atom is 1.00 e. The fraction of sp³-hybridized carbons (Fsp3) is 0.714. The summed E-state index contributed by atoms with van der Waals surface area (Å²) >= 11 is 0. The molecule has 0 aliphatic heterocycles. The fourth-order valence-corrected chi connectivity index (χ4v) is 17.7. The van der Waals surface area contributed by atoms with Crippen molar-refractivity contribution in [2.75, 3.05) is 0 Å². The topological polar surface area (TPSA) is 0 Å². The molecule has 1 rings (SSSR count). The van der Waals surface area contributed by atoms with Crippen molar-refractivity contribution < 1.29 is 27.1 Å². The Morgan fingerprint density at radius 3 is 1.26 bits per heavy atom. The second kappa shape index (κ2) is 8.35. The number of benzene rings is 1. The first-order chi connectivity index (χ1) is 11.2. The molecule has 0 radical (unpaired) electrons. The largest absolute Gasteiger partial charge is 1.00 e. The average Bonchev–Trinajstić information content (AvgIpc) is 2.30. The molecule has 0 amide bonds. The smallest absolute Gasteiger partial charge is 0.467 e. The van der Waals surface area contributed by atoms with Gasteiger partial charge in [-0.3, -0.25) is 8.22 Å². The molecule has 0 fully saturated rings. The van der Waals surface area contributed by atoms with Gasteiger partial charge < -0.3 is 7.68 Å². The summed E-state index contributed by atoms with van der Waals surface area (Å²) in [5.41, 5.74) is 2.20. The third-order valence-electron chi connectivity index (χ3n) is 4.40. The van der Waals surface area contributed by atoms with Crippen molar-refractivity contribution in [1.29, 1.82) is 0 Å². The first kappa shape index (κ1) is 27.5. The number of rotatable bonds is 3. The molecule has 0 unspecified atom stereocenters. The van der Waals surface area contributed by atoms with Gasteiger partial charge in [-0.15, -0.1) is 7.74 Å². The summed E-state index contributed by atoms with van der Waals surface area (Å²) in [4.78, 5) is 0. The van der Waals surface area contributed by atoms with E-state index in [0.717, 1.165) is 16.7 Å². The Kier molecular flexibility index (Phi) is 8.52. The van der Waals surface area contributed by atoms with Crippen molar-refractivity contribution in [3.05, 3.63) is 28.8 Å². The van der Waals surface area contributed by atoms with Gasteiger partial charge in [0.25, 0.3) is 0 Å². The molecule has 0 bridgehead atoms. The number of halogens is 2. The van der Waals surface area contributed by atoms with Crippen LogP contribution in [0.3, 0.4) is 0 Å². The van der Waals surface area contributed by atoms with Crippen LogP contribution in [0.15, 0.2) is 12.1 Å². The van der Waals surface area contributed by atoms with E-state index in [1.807, 2.05) is 19.6 Å². The SMILES string of the molecule is CC(C)(C)c1cc(C(C)(C)C)c([Si](F)(F)[P-][Si](C)(C)C)c(C(C)(C)C)c1.[Li+]. The third-order valence-corrected chi connectivity index (χ3v) is 18.6. The minimum absolute atomic E-state index is 0. The predicted molar refractivity (Wildman–Crippen MR) is 120 cm³/mol. The molecule has 0 saturated heterocycles. The van der Waals surface area contributed by atoms with Crippen LogP contribution >= 0.6 is 7.68 Å². The molecule has 0 saturated carbocycles. The number of hydrogen-bond acceptors (Lipinski definition) is 0. The fourth-order valence-electron chi connectivity index (χ4n) is 3.06. The van der Waals surface area contributed by atoms with Crippen LogP contribution in [0.5, 0.6) is 0 Å². The van der Waals surface area contributed by atoms with Gasteiger partial charge in [-0.25, -0.2) is 0 Å². The molecule has 0 heterocycles. The Bertz CT molecular complexity index is 626. The van der Waals surface area contributed by atoms with Crippen LogP contribution in [0.2, 0.25) is 19.6 Å². The molecule has 0 atom stereocenters. The standard InChI is InChI=1S/C21H38F2PSi2.Li/c1-19(2,3)15-13-16(20(4,5)6)18(17(14-15)21(7,8)9)26(22,23)24-25(10,11)12;/h13-14H,1-12H3;/q-1;+1. The van der Waals surface area contributed by atoms with Crippen LogP contribution in [0, 0.1) is 0 Å². The van der Waals surface area contributed by atoms with Crippen molar-refractivity contribution in [2.24, 2.45) is 0 Å². The van der Waals surface area contributed by atoms with Crippen molar-refractivity contribution in [1.82, 2.24) is 0 Å². The Hall–Kier alpha value is 0.541. The van der Waals surface area contributed by atoms with Crippen LogP contribution in [0.1, 0.15) is 79.0 Å². The molecule has 1 aromatic carbocycles. The first-order valence-electron chi connectivity index (χ1n) is 9.48. The minimum atomic E-state index is -4.57. The zero-order chi connectivity index (χ0) is 20.9. The van der Waals surface area contributed by atoms with Gasteiger partial charge >= 0.3 is 27.3 Å². The molecular formula is C21H38F2LiPSi2. The molecule has 0 aliphatic carbocycles. The molecular weight excluding hydrogens is 384 g/mol. The van der Waals surface area contributed by atoms with E-state index in [1.165, 1.54) is 0 Å². The second-order valence-corrected chi connectivity index (χ2v) is 26.1. The molecule has 6 heteroatoms. The molecule has 0 spiro atoms. The summed E-state index contributed by atoms with van der Waals surface area (Å²) in [6.07, 6.45) is 0. The summed E-state index contributed by atoms with van der Waals surface area (Å²) < 4.78 is 31.6. The van der Waals surface area contributed by atoms with E-state index in [2.05, 4.69) is 74.4 Å². The summed E-state index contributed by atoms with van der Waals surface area (Å²) in [7, 11) is -6.05. The van der Waals surface area contributed by atoms with Gasteiger partial charge in [-0.1, -0.05) is 94.1 Å². The minimum Gasteiger partial charge on any atom is -0.467 e. The van der Waals surface area contributed by atoms with Crippen LogP contribution < -0.4 is 24.0 Å². The van der Waals surface area contributed by atoms with Gasteiger partial charge in [-0.05, 0) is 38.1 Å². The Labute approximate surface area is 182 Å². The molecule has 0 aliphatic rings. The van der Waals surface area contributed by atoms with Gasteiger partial charge in [0, 0.05) is 0 Å². The van der Waals surface area contributed by atoms with E-state index >= 15 is 8.22 Å². The monoisotopic (exact) mass is 422 g/mol. The molecule has 0 nitrogen and oxygen atoms in total. The second-order valence-electron chi connectivity index (χ2n) is 11.5. The van der Waals surface area contributed by atoms with Crippen molar-refractivity contribution in [3.63, 3.8) is 0 Å². The zero-order valence-corrected chi connectivity index (χ0v) is 22.8. The van der Waals surface area contributed by atoms with Gasteiger partial charge in [0.15, 0.2) is 0 Å². The zero-order valence-electron chi connectivity index (χ0n) is 19.9. The Morgan fingerprint density at radius 2 is 1.04 bits per heavy atom. The summed E-state index contributed by atoms with van der Waals surface area (Å²) in [5, 5.41) is 0.412. The van der Waals surface area contributed by atoms with Crippen molar-refractivity contribution >= 4 is 29.0 Å². The van der Waals surface area contributed by atoms with Crippen molar-refractivity contribution in [2.45, 2.75) is 98.2 Å². The van der Waals surface area contributed by atoms with E-state index in [0.29, 0.717) is 12.9 Å². The molecule has 0 N–H and O–H groups in total. The maximum absolute atomic E-state index is 15.8. The maximum atomic E-state index is 15.8. The molecule has 0 aromatic heterocycles. The first-order valence-corrected chi connectivity index (χ1v) is 17.3. The third kappa shape index (κ3) is 7.38. The predicted octanol–water partition coefficient (Wildman–Crippen LogP) is 4.45. The van der Waals surface area contributed by atoms with Gasteiger partial charge in [-0.2, -0.15) is 0 Å². The van der Waals surface area contributed by atoms with Gasteiger partial charge in [0.05, 0.1) is 0 Å². The van der Waals surface area contributed by atoms with E-state index in [1.54, 1.807) is 0 Å². The van der Waals surface area contributed by atoms with E-state index in [9.17, 15) is 0 Å². The van der Waals surface area contributed by atoms with E-state index < -0.39 is 16.2 Å². The molecule has 150 valence electrons. The summed E-state index contributed by atoms with van der Waals surface area (Å²) in [5.74, 6) is 0. The average molecular weight is 423 g/mol. The summed E-state index contributed by atoms with van der Waals surface area (Å²) in [6.45, 7) is 25.1. The Morgan fingerprint density at radius 1 is 0.704 bits per heavy atom. The summed E-state index contributed by atoms with van der Waals surface area (Å²) in [6, 6.07) is 4.15.